The van der Waals surface area contributed by atoms with E-state index in [1.807, 2.05) is 6.92 Å². The van der Waals surface area contributed by atoms with Crippen molar-refractivity contribution in [2.24, 2.45) is 5.73 Å². The Kier molecular flexibility index (Phi) is 6.20. The molecule has 0 saturated heterocycles. The Morgan fingerprint density at radius 2 is 1.94 bits per heavy atom. The van der Waals surface area contributed by atoms with Crippen LogP contribution in [0.4, 0.5) is 0 Å². The van der Waals surface area contributed by atoms with Crippen LogP contribution in [0.15, 0.2) is 18.2 Å². The fraction of sp³-hybridized carbons (Fsp3) is 0.625. The van der Waals surface area contributed by atoms with E-state index >= 15 is 0 Å². The Morgan fingerprint density at radius 1 is 1.22 bits per heavy atom. The van der Waals surface area contributed by atoms with Crippen molar-refractivity contribution in [2.45, 2.75) is 58.9 Å². The molecule has 0 radical (unpaired) electrons. The molecule has 1 atom stereocenters. The minimum atomic E-state index is 0.303. The average Bonchev–Trinajstić information content (AvgIpc) is 2.30. The molecule has 0 fully saturated rings. The summed E-state index contributed by atoms with van der Waals surface area (Å²) in [5.41, 5.74) is 8.48. The molecule has 2 heteroatoms. The van der Waals surface area contributed by atoms with E-state index in [0.717, 1.165) is 31.6 Å². The second kappa shape index (κ2) is 7.42. The lowest BCUT2D eigenvalue weighted by molar-refractivity contribution is 0.335. The van der Waals surface area contributed by atoms with Crippen LogP contribution in [0.2, 0.25) is 0 Å². The lowest BCUT2D eigenvalue weighted by Crippen LogP contribution is -2.14. The van der Waals surface area contributed by atoms with Gasteiger partial charge in [-0.1, -0.05) is 26.0 Å². The monoisotopic (exact) mass is 249 g/mol. The second-order valence-corrected chi connectivity index (χ2v) is 5.33. The van der Waals surface area contributed by atoms with E-state index in [1.54, 1.807) is 0 Å². The summed E-state index contributed by atoms with van der Waals surface area (Å²) in [4.78, 5) is 0. The van der Waals surface area contributed by atoms with Gasteiger partial charge in [0.2, 0.25) is 0 Å². The molecule has 0 amide bonds. The maximum absolute atomic E-state index is 5.78. The zero-order chi connectivity index (χ0) is 13.5. The first-order valence-corrected chi connectivity index (χ1v) is 7.05. The number of hydrogen-bond donors (Lipinski definition) is 1. The fourth-order valence-corrected chi connectivity index (χ4v) is 2.12. The van der Waals surface area contributed by atoms with Gasteiger partial charge in [-0.05, 0) is 56.2 Å². The Morgan fingerprint density at radius 3 is 2.50 bits per heavy atom. The first-order valence-electron chi connectivity index (χ1n) is 7.05. The van der Waals surface area contributed by atoms with E-state index in [2.05, 4.69) is 39.0 Å². The first-order chi connectivity index (χ1) is 8.54. The predicted molar refractivity (Wildman–Crippen MR) is 78.3 cm³/mol. The molecular formula is C16H27NO. The van der Waals surface area contributed by atoms with Gasteiger partial charge in [-0.15, -0.1) is 0 Å². The van der Waals surface area contributed by atoms with E-state index in [-0.39, 0.29) is 0 Å². The lowest BCUT2D eigenvalue weighted by atomic mass is 9.97. The number of ether oxygens (including phenoxy) is 1. The van der Waals surface area contributed by atoms with Gasteiger partial charge in [0.25, 0.3) is 0 Å². The Bertz CT molecular complexity index is 358. The zero-order valence-electron chi connectivity index (χ0n) is 12.2. The van der Waals surface area contributed by atoms with Gasteiger partial charge in [0, 0.05) is 6.04 Å². The van der Waals surface area contributed by atoms with E-state index in [1.165, 1.54) is 11.1 Å². The van der Waals surface area contributed by atoms with Gasteiger partial charge in [0.05, 0.1) is 6.61 Å². The molecule has 18 heavy (non-hydrogen) atoms. The summed E-state index contributed by atoms with van der Waals surface area (Å²) in [5.74, 6) is 1.53. The van der Waals surface area contributed by atoms with Crippen molar-refractivity contribution in [1.29, 1.82) is 0 Å². The molecule has 0 aliphatic heterocycles. The molecule has 102 valence electrons. The smallest absolute Gasteiger partial charge is 0.122 e. The van der Waals surface area contributed by atoms with Gasteiger partial charge in [0.1, 0.15) is 5.75 Å². The molecule has 0 heterocycles. The van der Waals surface area contributed by atoms with Crippen molar-refractivity contribution < 1.29 is 4.74 Å². The number of benzene rings is 1. The van der Waals surface area contributed by atoms with Gasteiger partial charge in [-0.25, -0.2) is 0 Å². The molecule has 0 spiro atoms. The van der Waals surface area contributed by atoms with Crippen molar-refractivity contribution >= 4 is 0 Å². The molecule has 2 nitrogen and oxygen atoms in total. The highest BCUT2D eigenvalue weighted by molar-refractivity contribution is 5.39. The number of rotatable bonds is 7. The summed E-state index contributed by atoms with van der Waals surface area (Å²) in [6, 6.07) is 6.88. The third-order valence-electron chi connectivity index (χ3n) is 3.12. The van der Waals surface area contributed by atoms with Crippen LogP contribution in [0.25, 0.3) is 0 Å². The predicted octanol–water partition coefficient (Wildman–Crippen LogP) is 3.88. The number of nitrogens with two attached hydrogens (primary N) is 1. The molecule has 0 bridgehead atoms. The van der Waals surface area contributed by atoms with Crippen molar-refractivity contribution in [2.75, 3.05) is 6.61 Å². The van der Waals surface area contributed by atoms with Crippen molar-refractivity contribution in [1.82, 2.24) is 0 Å². The van der Waals surface area contributed by atoms with E-state index in [9.17, 15) is 0 Å². The van der Waals surface area contributed by atoms with Crippen LogP contribution >= 0.6 is 0 Å². The number of aryl methyl sites for hydroxylation is 1. The highest BCUT2D eigenvalue weighted by atomic mass is 16.5. The quantitative estimate of drug-likeness (QED) is 0.796. The van der Waals surface area contributed by atoms with Crippen molar-refractivity contribution in [3.8, 4) is 5.75 Å². The van der Waals surface area contributed by atoms with Gasteiger partial charge in [-0.3, -0.25) is 0 Å². The Labute approximate surface area is 112 Å². The zero-order valence-corrected chi connectivity index (χ0v) is 12.2. The third kappa shape index (κ3) is 4.69. The second-order valence-electron chi connectivity index (χ2n) is 5.33. The van der Waals surface area contributed by atoms with E-state index < -0.39 is 0 Å². The molecule has 0 saturated carbocycles. The van der Waals surface area contributed by atoms with E-state index in [0.29, 0.717) is 12.0 Å². The van der Waals surface area contributed by atoms with Crippen LogP contribution < -0.4 is 10.5 Å². The highest BCUT2D eigenvalue weighted by Gasteiger charge is 2.08. The van der Waals surface area contributed by atoms with E-state index in [4.69, 9.17) is 10.5 Å². The topological polar surface area (TPSA) is 35.2 Å². The Hall–Kier alpha value is -1.02. The van der Waals surface area contributed by atoms with Crippen molar-refractivity contribution in [3.63, 3.8) is 0 Å². The Balaban J connectivity index is 2.73. The van der Waals surface area contributed by atoms with Crippen LogP contribution in [0, 0.1) is 0 Å². The molecule has 1 aromatic carbocycles. The molecule has 2 N–H and O–H groups in total. The van der Waals surface area contributed by atoms with Crippen LogP contribution in [-0.2, 0) is 6.42 Å². The van der Waals surface area contributed by atoms with Crippen LogP contribution in [0.3, 0.4) is 0 Å². The van der Waals surface area contributed by atoms with Gasteiger partial charge >= 0.3 is 0 Å². The minimum absolute atomic E-state index is 0.303. The SMILES string of the molecule is CCOc1ccc(CCCC(C)N)cc1C(C)C. The van der Waals surface area contributed by atoms with Gasteiger partial charge in [0.15, 0.2) is 0 Å². The summed E-state index contributed by atoms with van der Waals surface area (Å²) >= 11 is 0. The normalized spacial score (nSPS) is 12.8. The van der Waals surface area contributed by atoms with Crippen LogP contribution in [-0.4, -0.2) is 12.6 Å². The summed E-state index contributed by atoms with van der Waals surface area (Å²) in [7, 11) is 0. The molecule has 0 aliphatic rings. The molecule has 0 aliphatic carbocycles. The summed E-state index contributed by atoms with van der Waals surface area (Å²) in [6.45, 7) is 9.25. The maximum atomic E-state index is 5.78. The molecule has 0 aromatic heterocycles. The maximum Gasteiger partial charge on any atom is 0.122 e. The highest BCUT2D eigenvalue weighted by Crippen LogP contribution is 2.28. The fourth-order valence-electron chi connectivity index (χ4n) is 2.12. The standard InChI is InChI=1S/C16H27NO/c1-5-18-16-10-9-14(8-6-7-13(4)17)11-15(16)12(2)3/h9-13H,5-8,17H2,1-4H3. The summed E-state index contributed by atoms with van der Waals surface area (Å²) in [6.07, 6.45) is 3.35. The van der Waals surface area contributed by atoms with Crippen molar-refractivity contribution in [3.05, 3.63) is 29.3 Å². The summed E-state index contributed by atoms with van der Waals surface area (Å²) < 4.78 is 5.68. The van der Waals surface area contributed by atoms with Gasteiger partial charge < -0.3 is 10.5 Å². The van der Waals surface area contributed by atoms with Gasteiger partial charge in [-0.2, -0.15) is 0 Å². The average molecular weight is 249 g/mol. The van der Waals surface area contributed by atoms with Crippen LogP contribution in [0.5, 0.6) is 5.75 Å². The van der Waals surface area contributed by atoms with Crippen LogP contribution in [0.1, 0.15) is 57.6 Å². The minimum Gasteiger partial charge on any atom is -0.494 e. The number of hydrogen-bond acceptors (Lipinski definition) is 2. The first kappa shape index (κ1) is 15.0. The third-order valence-corrected chi connectivity index (χ3v) is 3.12. The molecule has 1 aromatic rings. The summed E-state index contributed by atoms with van der Waals surface area (Å²) in [5, 5.41) is 0. The lowest BCUT2D eigenvalue weighted by Gasteiger charge is -2.15. The largest absolute Gasteiger partial charge is 0.494 e. The molecule has 1 unspecified atom stereocenters. The molecular weight excluding hydrogens is 222 g/mol. The molecule has 1 rings (SSSR count).